The molecule has 0 fully saturated rings. The van der Waals surface area contributed by atoms with E-state index in [1.165, 1.54) is 0 Å². The van der Waals surface area contributed by atoms with E-state index in [9.17, 15) is 0 Å². The van der Waals surface area contributed by atoms with Crippen LogP contribution in [0.2, 0.25) is 0 Å². The van der Waals surface area contributed by atoms with Gasteiger partial charge in [0, 0.05) is 11.8 Å². The second-order valence-electron chi connectivity index (χ2n) is 5.19. The van der Waals surface area contributed by atoms with Gasteiger partial charge in [0.25, 0.3) is 5.79 Å². The Bertz CT molecular complexity index is 357. The summed E-state index contributed by atoms with van der Waals surface area (Å²) in [5.41, 5.74) is 5.55. The summed E-state index contributed by atoms with van der Waals surface area (Å²) < 4.78 is 12.0. The van der Waals surface area contributed by atoms with Crippen LogP contribution in [-0.4, -0.2) is 12.3 Å². The normalized spacial score (nSPS) is 17.5. The van der Waals surface area contributed by atoms with E-state index < -0.39 is 5.79 Å². The minimum Gasteiger partial charge on any atom is -0.448 e. The van der Waals surface area contributed by atoms with Crippen LogP contribution in [0.5, 0.6) is 11.5 Å². The zero-order valence-corrected chi connectivity index (χ0v) is 10.1. The van der Waals surface area contributed by atoms with Crippen LogP contribution in [0.1, 0.15) is 27.2 Å². The van der Waals surface area contributed by atoms with E-state index in [0.29, 0.717) is 13.0 Å². The average molecular weight is 221 g/mol. The van der Waals surface area contributed by atoms with Crippen LogP contribution in [0.3, 0.4) is 0 Å². The molecule has 1 aliphatic heterocycles. The predicted octanol–water partition coefficient (Wildman–Crippen LogP) is 2.55. The van der Waals surface area contributed by atoms with Gasteiger partial charge in [-0.2, -0.15) is 0 Å². The smallest absolute Gasteiger partial charge is 0.257 e. The Morgan fingerprint density at radius 1 is 1.12 bits per heavy atom. The van der Waals surface area contributed by atoms with E-state index in [2.05, 4.69) is 20.8 Å². The Kier molecular flexibility index (Phi) is 2.58. The van der Waals surface area contributed by atoms with Gasteiger partial charge in [-0.1, -0.05) is 32.9 Å². The molecule has 0 saturated carbocycles. The van der Waals surface area contributed by atoms with Crippen molar-refractivity contribution in [3.8, 4) is 11.5 Å². The van der Waals surface area contributed by atoms with E-state index in [-0.39, 0.29) is 5.41 Å². The lowest BCUT2D eigenvalue weighted by molar-refractivity contribution is -0.161. The van der Waals surface area contributed by atoms with E-state index in [1.54, 1.807) is 0 Å². The summed E-state index contributed by atoms with van der Waals surface area (Å²) in [6.07, 6.45) is 0.686. The molecule has 0 atom stereocenters. The van der Waals surface area contributed by atoms with Crippen molar-refractivity contribution in [1.82, 2.24) is 0 Å². The van der Waals surface area contributed by atoms with E-state index in [4.69, 9.17) is 15.2 Å². The molecule has 2 rings (SSSR count). The molecule has 0 unspecified atom stereocenters. The Hall–Kier alpha value is -1.22. The van der Waals surface area contributed by atoms with Gasteiger partial charge in [0.2, 0.25) is 0 Å². The minimum absolute atomic E-state index is 0.120. The van der Waals surface area contributed by atoms with Crippen molar-refractivity contribution in [3.63, 3.8) is 0 Å². The predicted molar refractivity (Wildman–Crippen MR) is 63.6 cm³/mol. The Morgan fingerprint density at radius 2 is 1.62 bits per heavy atom. The molecule has 1 aliphatic rings. The lowest BCUT2D eigenvalue weighted by atomic mass is 9.83. The summed E-state index contributed by atoms with van der Waals surface area (Å²) in [6.45, 7) is 6.86. The fourth-order valence-electron chi connectivity index (χ4n) is 1.97. The second kappa shape index (κ2) is 3.67. The number of benzene rings is 1. The molecule has 2 N–H and O–H groups in total. The summed E-state index contributed by atoms with van der Waals surface area (Å²) in [7, 11) is 0. The summed E-state index contributed by atoms with van der Waals surface area (Å²) in [5, 5.41) is 0. The number of para-hydroxylation sites is 2. The molecular formula is C13H19NO2. The molecule has 1 aromatic carbocycles. The average Bonchev–Trinajstić information content (AvgIpc) is 2.56. The van der Waals surface area contributed by atoms with Gasteiger partial charge >= 0.3 is 0 Å². The fraction of sp³-hybridized carbons (Fsp3) is 0.538. The highest BCUT2D eigenvalue weighted by Gasteiger charge is 2.50. The molecule has 0 spiro atoms. The van der Waals surface area contributed by atoms with Crippen molar-refractivity contribution in [2.75, 3.05) is 6.54 Å². The summed E-state index contributed by atoms with van der Waals surface area (Å²) in [4.78, 5) is 0. The molecular weight excluding hydrogens is 202 g/mol. The monoisotopic (exact) mass is 221 g/mol. The third-order valence-electron chi connectivity index (χ3n) is 3.01. The van der Waals surface area contributed by atoms with Crippen molar-refractivity contribution in [2.24, 2.45) is 11.1 Å². The van der Waals surface area contributed by atoms with Crippen molar-refractivity contribution < 1.29 is 9.47 Å². The van der Waals surface area contributed by atoms with Gasteiger partial charge in [-0.25, -0.2) is 0 Å². The molecule has 0 radical (unpaired) electrons. The van der Waals surface area contributed by atoms with E-state index in [0.717, 1.165) is 11.5 Å². The van der Waals surface area contributed by atoms with Crippen molar-refractivity contribution >= 4 is 0 Å². The fourth-order valence-corrected chi connectivity index (χ4v) is 1.97. The number of fused-ring (bicyclic) bond motifs is 1. The number of hydrogen-bond acceptors (Lipinski definition) is 3. The first-order chi connectivity index (χ1) is 7.48. The van der Waals surface area contributed by atoms with Crippen molar-refractivity contribution in [3.05, 3.63) is 24.3 Å². The number of hydrogen-bond donors (Lipinski definition) is 1. The SMILES string of the molecule is CC(C)(C)C1(CCN)Oc2ccccc2O1. The van der Waals surface area contributed by atoms with Crippen LogP contribution in [0.4, 0.5) is 0 Å². The molecule has 0 amide bonds. The summed E-state index contributed by atoms with van der Waals surface area (Å²) >= 11 is 0. The third kappa shape index (κ3) is 1.65. The van der Waals surface area contributed by atoms with Crippen LogP contribution in [-0.2, 0) is 0 Å². The first-order valence-electron chi connectivity index (χ1n) is 5.66. The zero-order chi connectivity index (χ0) is 11.8. The third-order valence-corrected chi connectivity index (χ3v) is 3.01. The van der Waals surface area contributed by atoms with E-state index >= 15 is 0 Å². The molecule has 0 aliphatic carbocycles. The topological polar surface area (TPSA) is 44.5 Å². The highest BCUT2D eigenvalue weighted by atomic mass is 16.7. The Balaban J connectivity index is 2.35. The van der Waals surface area contributed by atoms with Gasteiger partial charge in [-0.15, -0.1) is 0 Å². The van der Waals surface area contributed by atoms with Gasteiger partial charge in [-0.05, 0) is 18.7 Å². The van der Waals surface area contributed by atoms with Crippen LogP contribution in [0.25, 0.3) is 0 Å². The molecule has 0 aromatic heterocycles. The van der Waals surface area contributed by atoms with Crippen LogP contribution < -0.4 is 15.2 Å². The number of nitrogens with two attached hydrogens (primary N) is 1. The number of rotatable bonds is 2. The van der Waals surface area contributed by atoms with Gasteiger partial charge in [0.15, 0.2) is 11.5 Å². The van der Waals surface area contributed by atoms with Gasteiger partial charge in [0.05, 0.1) is 0 Å². The summed E-state index contributed by atoms with van der Waals surface area (Å²) in [6, 6.07) is 7.76. The maximum Gasteiger partial charge on any atom is 0.257 e. The molecule has 16 heavy (non-hydrogen) atoms. The quantitative estimate of drug-likeness (QED) is 0.834. The van der Waals surface area contributed by atoms with Gasteiger partial charge < -0.3 is 15.2 Å². The van der Waals surface area contributed by atoms with Crippen LogP contribution in [0.15, 0.2) is 24.3 Å². The van der Waals surface area contributed by atoms with Crippen molar-refractivity contribution in [1.29, 1.82) is 0 Å². The van der Waals surface area contributed by atoms with Crippen LogP contribution in [0, 0.1) is 5.41 Å². The molecule has 0 bridgehead atoms. The maximum absolute atomic E-state index is 6.00. The van der Waals surface area contributed by atoms with Crippen LogP contribution >= 0.6 is 0 Å². The standard InChI is InChI=1S/C13H19NO2/c1-12(2,3)13(8-9-14)15-10-6-4-5-7-11(10)16-13/h4-7H,8-9,14H2,1-3H3. The summed E-state index contributed by atoms with van der Waals surface area (Å²) in [5.74, 6) is 0.988. The first-order valence-corrected chi connectivity index (χ1v) is 5.66. The first kappa shape index (κ1) is 11.3. The van der Waals surface area contributed by atoms with Gasteiger partial charge in [0.1, 0.15) is 0 Å². The largest absolute Gasteiger partial charge is 0.448 e. The Labute approximate surface area is 96.5 Å². The molecule has 1 aromatic rings. The maximum atomic E-state index is 6.00. The second-order valence-corrected chi connectivity index (χ2v) is 5.19. The lowest BCUT2D eigenvalue weighted by Crippen LogP contribution is -2.51. The highest BCUT2D eigenvalue weighted by Crippen LogP contribution is 2.47. The molecule has 1 heterocycles. The molecule has 88 valence electrons. The Morgan fingerprint density at radius 3 is 2.00 bits per heavy atom. The van der Waals surface area contributed by atoms with Gasteiger partial charge in [-0.3, -0.25) is 0 Å². The van der Waals surface area contributed by atoms with E-state index in [1.807, 2.05) is 24.3 Å². The highest BCUT2D eigenvalue weighted by molar-refractivity contribution is 5.43. The minimum atomic E-state index is -0.633. The number of ether oxygens (including phenoxy) is 2. The zero-order valence-electron chi connectivity index (χ0n) is 10.1. The molecule has 0 saturated heterocycles. The molecule has 3 nitrogen and oxygen atoms in total. The molecule has 3 heteroatoms. The lowest BCUT2D eigenvalue weighted by Gasteiger charge is -2.39. The van der Waals surface area contributed by atoms with Crippen molar-refractivity contribution in [2.45, 2.75) is 33.0 Å².